The van der Waals surface area contributed by atoms with Crippen molar-refractivity contribution in [2.24, 2.45) is 0 Å². The number of hydrogen-bond donors (Lipinski definition) is 0. The minimum absolute atomic E-state index is 0.109. The lowest BCUT2D eigenvalue weighted by atomic mass is 10.1. The molecule has 0 N–H and O–H groups in total. The number of carbonyl (C=O) groups is 1. The first kappa shape index (κ1) is 15.1. The van der Waals surface area contributed by atoms with Gasteiger partial charge in [-0.05, 0) is 63.6 Å². The Bertz CT molecular complexity index is 627. The van der Waals surface area contributed by atoms with E-state index in [0.717, 1.165) is 16.9 Å². The van der Waals surface area contributed by atoms with Crippen molar-refractivity contribution < 1.29 is 14.3 Å². The van der Waals surface area contributed by atoms with E-state index in [0.29, 0.717) is 11.3 Å². The summed E-state index contributed by atoms with van der Waals surface area (Å²) in [5, 5.41) is 0. The predicted molar refractivity (Wildman–Crippen MR) is 83.1 cm³/mol. The third-order valence-electron chi connectivity index (χ3n) is 2.99. The van der Waals surface area contributed by atoms with Crippen LogP contribution < -0.4 is 9.47 Å². The third-order valence-corrected chi connectivity index (χ3v) is 2.99. The van der Waals surface area contributed by atoms with E-state index < -0.39 is 0 Å². The molecule has 0 amide bonds. The number of hydrogen-bond acceptors (Lipinski definition) is 3. The molecular formula is C18H20O3. The molecule has 0 unspecified atom stereocenters. The van der Waals surface area contributed by atoms with Crippen LogP contribution in [0, 0.1) is 13.8 Å². The van der Waals surface area contributed by atoms with Gasteiger partial charge in [0.2, 0.25) is 0 Å². The molecule has 0 heterocycles. The summed E-state index contributed by atoms with van der Waals surface area (Å²) in [6.07, 6.45) is 0.109. The summed E-state index contributed by atoms with van der Waals surface area (Å²) in [6.45, 7) is 7.85. The highest BCUT2D eigenvalue weighted by atomic mass is 16.5. The Labute approximate surface area is 125 Å². The summed E-state index contributed by atoms with van der Waals surface area (Å²) in [7, 11) is 0. The molecule has 0 aliphatic carbocycles. The molecule has 0 fully saturated rings. The molecule has 2 aromatic carbocycles. The molecule has 0 aliphatic rings. The first-order valence-electron chi connectivity index (χ1n) is 7.02. The number of carbonyl (C=O) groups excluding carboxylic acids is 1. The van der Waals surface area contributed by atoms with Crippen molar-refractivity contribution in [1.29, 1.82) is 0 Å². The Hall–Kier alpha value is -2.29. The first-order valence-corrected chi connectivity index (χ1v) is 7.02. The van der Waals surface area contributed by atoms with Gasteiger partial charge in [0.05, 0.1) is 11.7 Å². The minimum Gasteiger partial charge on any atom is -0.491 e. The second-order valence-electron chi connectivity index (χ2n) is 5.35. The number of esters is 1. The molecule has 0 saturated carbocycles. The summed E-state index contributed by atoms with van der Waals surface area (Å²) >= 11 is 0. The Kier molecular flexibility index (Phi) is 4.63. The van der Waals surface area contributed by atoms with Crippen molar-refractivity contribution in [3.8, 4) is 11.5 Å². The molecule has 0 saturated heterocycles. The number of ether oxygens (including phenoxy) is 2. The van der Waals surface area contributed by atoms with Crippen molar-refractivity contribution in [3.63, 3.8) is 0 Å². The van der Waals surface area contributed by atoms with Gasteiger partial charge >= 0.3 is 5.97 Å². The van der Waals surface area contributed by atoms with E-state index in [1.807, 2.05) is 45.9 Å². The zero-order chi connectivity index (χ0) is 15.4. The van der Waals surface area contributed by atoms with Gasteiger partial charge in [0.25, 0.3) is 0 Å². The molecule has 3 nitrogen and oxygen atoms in total. The molecular weight excluding hydrogens is 264 g/mol. The monoisotopic (exact) mass is 284 g/mol. The second-order valence-corrected chi connectivity index (χ2v) is 5.35. The maximum absolute atomic E-state index is 12.1. The lowest BCUT2D eigenvalue weighted by Crippen LogP contribution is -2.10. The largest absolute Gasteiger partial charge is 0.491 e. The highest BCUT2D eigenvalue weighted by molar-refractivity contribution is 5.91. The van der Waals surface area contributed by atoms with E-state index in [1.54, 1.807) is 24.3 Å². The van der Waals surface area contributed by atoms with Crippen molar-refractivity contribution in [3.05, 3.63) is 59.2 Å². The van der Waals surface area contributed by atoms with Crippen molar-refractivity contribution in [2.75, 3.05) is 0 Å². The molecule has 3 heteroatoms. The summed E-state index contributed by atoms with van der Waals surface area (Å²) in [6, 6.07) is 12.7. The summed E-state index contributed by atoms with van der Waals surface area (Å²) in [5.41, 5.74) is 2.59. The number of aryl methyl sites for hydroxylation is 2. The summed E-state index contributed by atoms with van der Waals surface area (Å²) in [5.74, 6) is 0.972. The van der Waals surface area contributed by atoms with Crippen LogP contribution in [-0.2, 0) is 0 Å². The maximum Gasteiger partial charge on any atom is 0.343 e. The van der Waals surface area contributed by atoms with Gasteiger partial charge in [-0.2, -0.15) is 0 Å². The van der Waals surface area contributed by atoms with E-state index >= 15 is 0 Å². The quantitative estimate of drug-likeness (QED) is 0.620. The lowest BCUT2D eigenvalue weighted by molar-refractivity contribution is 0.0733. The molecule has 0 spiro atoms. The van der Waals surface area contributed by atoms with Crippen molar-refractivity contribution in [1.82, 2.24) is 0 Å². The van der Waals surface area contributed by atoms with Crippen LogP contribution in [0.5, 0.6) is 11.5 Å². The maximum atomic E-state index is 12.1. The Morgan fingerprint density at radius 3 is 2.24 bits per heavy atom. The zero-order valence-corrected chi connectivity index (χ0v) is 12.8. The molecule has 0 aromatic heterocycles. The SMILES string of the molecule is Cc1ccc(OC(=O)c2ccc(OC(C)C)cc2)c(C)c1. The molecule has 2 rings (SSSR count). The fraction of sp³-hybridized carbons (Fsp3) is 0.278. The Balaban J connectivity index is 2.09. The van der Waals surface area contributed by atoms with Gasteiger partial charge in [-0.1, -0.05) is 17.7 Å². The van der Waals surface area contributed by atoms with E-state index in [9.17, 15) is 4.79 Å². The average molecular weight is 284 g/mol. The molecule has 21 heavy (non-hydrogen) atoms. The van der Waals surface area contributed by atoms with Crippen LogP contribution in [0.3, 0.4) is 0 Å². The third kappa shape index (κ3) is 4.09. The van der Waals surface area contributed by atoms with Crippen LogP contribution >= 0.6 is 0 Å². The standard InChI is InChI=1S/C18H20O3/c1-12(2)20-16-8-6-15(7-9-16)18(19)21-17-10-5-13(3)11-14(17)4/h5-12H,1-4H3. The predicted octanol–water partition coefficient (Wildman–Crippen LogP) is 4.31. The highest BCUT2D eigenvalue weighted by Crippen LogP contribution is 2.21. The van der Waals surface area contributed by atoms with Gasteiger partial charge in [-0.25, -0.2) is 4.79 Å². The van der Waals surface area contributed by atoms with Gasteiger partial charge in [-0.15, -0.1) is 0 Å². The summed E-state index contributed by atoms with van der Waals surface area (Å²) in [4.78, 5) is 12.1. The van der Waals surface area contributed by atoms with Crippen LogP contribution in [0.2, 0.25) is 0 Å². The molecule has 0 atom stereocenters. The van der Waals surface area contributed by atoms with Crippen LogP contribution in [0.1, 0.15) is 35.3 Å². The van der Waals surface area contributed by atoms with Gasteiger partial charge in [-0.3, -0.25) is 0 Å². The molecule has 0 bridgehead atoms. The van der Waals surface area contributed by atoms with Gasteiger partial charge < -0.3 is 9.47 Å². The van der Waals surface area contributed by atoms with Crippen molar-refractivity contribution >= 4 is 5.97 Å². The number of benzene rings is 2. The fourth-order valence-electron chi connectivity index (χ4n) is 2.01. The Morgan fingerprint density at radius 2 is 1.67 bits per heavy atom. The number of rotatable bonds is 4. The topological polar surface area (TPSA) is 35.5 Å². The lowest BCUT2D eigenvalue weighted by Gasteiger charge is -2.10. The first-order chi connectivity index (χ1) is 9.95. The van der Waals surface area contributed by atoms with Gasteiger partial charge in [0.15, 0.2) is 0 Å². The fourth-order valence-corrected chi connectivity index (χ4v) is 2.01. The van der Waals surface area contributed by atoms with Crippen LogP contribution in [-0.4, -0.2) is 12.1 Å². The van der Waals surface area contributed by atoms with E-state index in [-0.39, 0.29) is 12.1 Å². The molecule has 2 aromatic rings. The second kappa shape index (κ2) is 6.44. The normalized spacial score (nSPS) is 10.5. The zero-order valence-electron chi connectivity index (χ0n) is 12.8. The van der Waals surface area contributed by atoms with Gasteiger partial charge in [0.1, 0.15) is 11.5 Å². The summed E-state index contributed by atoms with van der Waals surface area (Å²) < 4.78 is 11.0. The average Bonchev–Trinajstić information content (AvgIpc) is 2.42. The molecule has 0 radical (unpaired) electrons. The smallest absolute Gasteiger partial charge is 0.343 e. The van der Waals surface area contributed by atoms with E-state index in [2.05, 4.69) is 0 Å². The molecule has 0 aliphatic heterocycles. The minimum atomic E-state index is -0.363. The van der Waals surface area contributed by atoms with Crippen molar-refractivity contribution in [2.45, 2.75) is 33.8 Å². The van der Waals surface area contributed by atoms with Gasteiger partial charge in [0, 0.05) is 0 Å². The molecule has 110 valence electrons. The van der Waals surface area contributed by atoms with Crippen LogP contribution in [0.15, 0.2) is 42.5 Å². The van der Waals surface area contributed by atoms with Crippen LogP contribution in [0.4, 0.5) is 0 Å². The van der Waals surface area contributed by atoms with E-state index in [1.165, 1.54) is 0 Å². The Morgan fingerprint density at radius 1 is 1.00 bits per heavy atom. The highest BCUT2D eigenvalue weighted by Gasteiger charge is 2.10. The van der Waals surface area contributed by atoms with Crippen LogP contribution in [0.25, 0.3) is 0 Å². The van der Waals surface area contributed by atoms with E-state index in [4.69, 9.17) is 9.47 Å².